The van der Waals surface area contributed by atoms with Gasteiger partial charge in [0.2, 0.25) is 5.91 Å². The maximum absolute atomic E-state index is 12.9. The molecule has 0 unspecified atom stereocenters. The van der Waals surface area contributed by atoms with Crippen LogP contribution in [0.25, 0.3) is 0 Å². The molecular weight excluding hydrogens is 492 g/mol. The zero-order valence-electron chi connectivity index (χ0n) is 21.5. The molecule has 194 valence electrons. The number of rotatable bonds is 10. The molecule has 1 N–H and O–H groups in total. The number of anilines is 1. The molecule has 9 heteroatoms. The number of aromatic nitrogens is 3. The van der Waals surface area contributed by atoms with E-state index in [0.717, 1.165) is 45.6 Å². The molecule has 4 bridgehead atoms. The molecule has 1 amide bonds. The van der Waals surface area contributed by atoms with Crippen molar-refractivity contribution in [2.75, 3.05) is 18.2 Å². The van der Waals surface area contributed by atoms with Crippen LogP contribution < -0.4 is 5.32 Å². The third-order valence-corrected chi connectivity index (χ3v) is 10.4. The van der Waals surface area contributed by atoms with Crippen molar-refractivity contribution in [2.45, 2.75) is 76.9 Å². The Balaban J connectivity index is 1.27. The summed E-state index contributed by atoms with van der Waals surface area (Å²) in [4.78, 5) is 26.3. The molecule has 0 spiro atoms. The standard InChI is InChI=1S/C27H36N4O3S2/c1-5-7-31-21(14-27-11-17-8-18(12-27)10-19(9-17)13-27)29-30-26(31)35-15-22(32)28-24-23(25(33)34-4)20(6-2)16(3)36-24/h5,17-19H,1,6-15H2,2-4H3,(H,28,32). The second kappa shape index (κ2) is 10.3. The van der Waals surface area contributed by atoms with E-state index in [1.165, 1.54) is 68.7 Å². The highest BCUT2D eigenvalue weighted by Crippen LogP contribution is 2.61. The van der Waals surface area contributed by atoms with Crippen molar-refractivity contribution in [3.63, 3.8) is 0 Å². The predicted octanol–water partition coefficient (Wildman–Crippen LogP) is 5.67. The minimum absolute atomic E-state index is 0.176. The van der Waals surface area contributed by atoms with Gasteiger partial charge in [0, 0.05) is 17.8 Å². The molecule has 2 aromatic rings. The Hall–Kier alpha value is -2.13. The summed E-state index contributed by atoms with van der Waals surface area (Å²) in [5.74, 6) is 3.31. The van der Waals surface area contributed by atoms with Gasteiger partial charge in [-0.25, -0.2) is 4.79 Å². The van der Waals surface area contributed by atoms with Crippen molar-refractivity contribution in [1.82, 2.24) is 14.8 Å². The summed E-state index contributed by atoms with van der Waals surface area (Å²) in [7, 11) is 1.36. The molecule has 4 fully saturated rings. The van der Waals surface area contributed by atoms with E-state index >= 15 is 0 Å². The molecule has 36 heavy (non-hydrogen) atoms. The summed E-state index contributed by atoms with van der Waals surface area (Å²) < 4.78 is 7.10. The van der Waals surface area contributed by atoms with Gasteiger partial charge in [-0.3, -0.25) is 4.79 Å². The first-order valence-electron chi connectivity index (χ1n) is 13.0. The number of ether oxygens (including phenoxy) is 1. The fourth-order valence-corrected chi connectivity index (χ4v) is 9.33. The highest BCUT2D eigenvalue weighted by atomic mass is 32.2. The fourth-order valence-electron chi connectivity index (χ4n) is 7.41. The second-order valence-corrected chi connectivity index (χ2v) is 13.1. The summed E-state index contributed by atoms with van der Waals surface area (Å²) in [6, 6.07) is 0. The van der Waals surface area contributed by atoms with Crippen LogP contribution in [-0.2, 0) is 28.9 Å². The van der Waals surface area contributed by atoms with Crippen LogP contribution in [0.3, 0.4) is 0 Å². The smallest absolute Gasteiger partial charge is 0.341 e. The Morgan fingerprint density at radius 1 is 1.22 bits per heavy atom. The largest absolute Gasteiger partial charge is 0.465 e. The van der Waals surface area contributed by atoms with E-state index in [1.54, 1.807) is 0 Å². The van der Waals surface area contributed by atoms with Crippen LogP contribution in [0.1, 0.15) is 72.1 Å². The Morgan fingerprint density at radius 2 is 1.89 bits per heavy atom. The molecule has 2 heterocycles. The molecule has 0 radical (unpaired) electrons. The minimum atomic E-state index is -0.417. The minimum Gasteiger partial charge on any atom is -0.465 e. The molecular formula is C27H36N4O3S2. The quantitative estimate of drug-likeness (QED) is 0.243. The number of methoxy groups -OCH3 is 1. The van der Waals surface area contributed by atoms with Gasteiger partial charge in [0.05, 0.1) is 18.4 Å². The first-order valence-corrected chi connectivity index (χ1v) is 14.8. The van der Waals surface area contributed by atoms with Crippen molar-refractivity contribution in [1.29, 1.82) is 0 Å². The average Bonchev–Trinajstić information content (AvgIpc) is 3.35. The van der Waals surface area contributed by atoms with Crippen molar-refractivity contribution in [2.24, 2.45) is 23.2 Å². The lowest BCUT2D eigenvalue weighted by Crippen LogP contribution is -2.47. The lowest BCUT2D eigenvalue weighted by molar-refractivity contribution is -0.113. The number of thioether (sulfide) groups is 1. The summed E-state index contributed by atoms with van der Waals surface area (Å²) in [6.45, 7) is 8.53. The Kier molecular flexibility index (Phi) is 7.32. The van der Waals surface area contributed by atoms with E-state index in [0.29, 0.717) is 28.9 Å². The highest BCUT2D eigenvalue weighted by molar-refractivity contribution is 7.99. The molecule has 4 aliphatic rings. The normalized spacial score (nSPS) is 26.2. The lowest BCUT2D eigenvalue weighted by Gasteiger charge is -2.56. The topological polar surface area (TPSA) is 86.1 Å². The van der Waals surface area contributed by atoms with E-state index < -0.39 is 5.97 Å². The van der Waals surface area contributed by atoms with Gasteiger partial charge in [-0.05, 0) is 80.6 Å². The number of carbonyl (C=O) groups is 2. The molecule has 7 nitrogen and oxygen atoms in total. The van der Waals surface area contributed by atoms with E-state index in [1.807, 2.05) is 19.9 Å². The average molecular weight is 529 g/mol. The summed E-state index contributed by atoms with van der Waals surface area (Å²) in [5, 5.41) is 13.3. The van der Waals surface area contributed by atoms with E-state index in [-0.39, 0.29) is 11.7 Å². The third-order valence-electron chi connectivity index (χ3n) is 8.34. The summed E-state index contributed by atoms with van der Waals surface area (Å²) >= 11 is 2.80. The number of amides is 1. The van der Waals surface area contributed by atoms with E-state index in [9.17, 15) is 9.59 Å². The van der Waals surface area contributed by atoms with Gasteiger partial charge < -0.3 is 14.6 Å². The second-order valence-electron chi connectivity index (χ2n) is 10.9. The molecule has 0 aliphatic heterocycles. The summed E-state index contributed by atoms with van der Waals surface area (Å²) in [5.41, 5.74) is 1.77. The first kappa shape index (κ1) is 25.5. The van der Waals surface area contributed by atoms with Crippen LogP contribution in [0, 0.1) is 30.1 Å². The van der Waals surface area contributed by atoms with Crippen LogP contribution in [0.5, 0.6) is 0 Å². The number of aryl methyl sites for hydroxylation is 1. The van der Waals surface area contributed by atoms with Gasteiger partial charge in [0.1, 0.15) is 10.8 Å². The van der Waals surface area contributed by atoms with Gasteiger partial charge in [-0.2, -0.15) is 0 Å². The van der Waals surface area contributed by atoms with E-state index in [4.69, 9.17) is 4.74 Å². The number of nitrogens with one attached hydrogen (secondary N) is 1. The highest BCUT2D eigenvalue weighted by Gasteiger charge is 2.51. The Bertz CT molecular complexity index is 1130. The number of nitrogens with zero attached hydrogens (tertiary/aromatic N) is 3. The van der Waals surface area contributed by atoms with Crippen molar-refractivity contribution < 1.29 is 14.3 Å². The lowest BCUT2D eigenvalue weighted by atomic mass is 9.49. The Morgan fingerprint density at radius 3 is 2.47 bits per heavy atom. The SMILES string of the molecule is C=CCn1c(CC23CC4CC(CC(C4)C2)C3)nnc1SCC(=O)Nc1sc(C)c(CC)c1C(=O)OC. The van der Waals surface area contributed by atoms with Crippen molar-refractivity contribution in [3.8, 4) is 0 Å². The fraction of sp³-hybridized carbons (Fsp3) is 0.630. The molecule has 4 saturated carbocycles. The predicted molar refractivity (Wildman–Crippen MR) is 144 cm³/mol. The number of carbonyl (C=O) groups excluding carboxylic acids is 2. The van der Waals surface area contributed by atoms with Crippen LogP contribution in [-0.4, -0.2) is 39.5 Å². The molecule has 0 saturated heterocycles. The zero-order chi connectivity index (χ0) is 25.4. The molecule has 4 aliphatic carbocycles. The van der Waals surface area contributed by atoms with Gasteiger partial charge in [-0.15, -0.1) is 28.1 Å². The van der Waals surface area contributed by atoms with Crippen molar-refractivity contribution >= 4 is 40.0 Å². The first-order chi connectivity index (χ1) is 17.3. The molecule has 6 rings (SSSR count). The van der Waals surface area contributed by atoms with Gasteiger partial charge in [0.15, 0.2) is 5.16 Å². The Labute approximate surface area is 221 Å². The molecule has 2 aromatic heterocycles. The van der Waals surface area contributed by atoms with Crippen LogP contribution in [0.15, 0.2) is 17.8 Å². The number of allylic oxidation sites excluding steroid dienone is 1. The zero-order valence-corrected chi connectivity index (χ0v) is 23.1. The number of thiophene rings is 1. The van der Waals surface area contributed by atoms with Gasteiger partial charge >= 0.3 is 5.97 Å². The van der Waals surface area contributed by atoms with Crippen LogP contribution in [0.2, 0.25) is 0 Å². The maximum Gasteiger partial charge on any atom is 0.341 e. The molecule has 0 atom stereocenters. The molecule has 0 aromatic carbocycles. The van der Waals surface area contributed by atoms with Gasteiger partial charge in [0.25, 0.3) is 0 Å². The van der Waals surface area contributed by atoms with Crippen molar-refractivity contribution in [3.05, 3.63) is 34.5 Å². The van der Waals surface area contributed by atoms with E-state index in [2.05, 4.69) is 26.7 Å². The summed E-state index contributed by atoms with van der Waals surface area (Å²) in [6.07, 6.45) is 11.8. The number of hydrogen-bond donors (Lipinski definition) is 1. The maximum atomic E-state index is 12.9. The number of hydrogen-bond acceptors (Lipinski definition) is 7. The number of esters is 1. The monoisotopic (exact) mass is 528 g/mol. The third kappa shape index (κ3) is 4.88. The van der Waals surface area contributed by atoms with Gasteiger partial charge in [-0.1, -0.05) is 24.8 Å². The van der Waals surface area contributed by atoms with Crippen LogP contribution in [0.4, 0.5) is 5.00 Å². The van der Waals surface area contributed by atoms with Crippen LogP contribution >= 0.6 is 23.1 Å².